The first-order valence-corrected chi connectivity index (χ1v) is 16.6. The highest BCUT2D eigenvalue weighted by molar-refractivity contribution is 5.93. The van der Waals surface area contributed by atoms with Gasteiger partial charge in [-0.1, -0.05) is 119 Å². The fraction of sp³-hybridized carbons (Fsp3) is 0.395. The van der Waals surface area contributed by atoms with Gasteiger partial charge < -0.3 is 30.3 Å². The maximum Gasteiger partial charge on any atom is 0.408 e. The zero-order valence-corrected chi connectivity index (χ0v) is 28.7. The van der Waals surface area contributed by atoms with Crippen LogP contribution in [0.2, 0.25) is 0 Å². The molecule has 0 saturated heterocycles. The quantitative estimate of drug-likeness (QED) is 0.165. The molecule has 0 saturated carbocycles. The van der Waals surface area contributed by atoms with Crippen LogP contribution in [0.5, 0.6) is 0 Å². The Bertz CT molecular complexity index is 1480. The zero-order chi connectivity index (χ0) is 35.6. The Morgan fingerprint density at radius 1 is 0.612 bits per heavy atom. The monoisotopic (exact) mass is 672 g/mol. The van der Waals surface area contributed by atoms with Crippen LogP contribution in [0, 0.1) is 11.8 Å². The van der Waals surface area contributed by atoms with E-state index in [1.807, 2.05) is 119 Å². The first kappa shape index (κ1) is 38.3. The molecule has 0 aliphatic carbocycles. The number of nitrogens with zero attached hydrogens (tertiary/aromatic N) is 1. The number of ether oxygens (including phenoxy) is 2. The van der Waals surface area contributed by atoms with E-state index in [1.54, 1.807) is 0 Å². The normalized spacial score (nSPS) is 12.0. The Kier molecular flexibility index (Phi) is 15.8. The molecule has 3 aromatic carbocycles. The third kappa shape index (κ3) is 14.6. The van der Waals surface area contributed by atoms with Crippen LogP contribution >= 0.6 is 0 Å². The van der Waals surface area contributed by atoms with Gasteiger partial charge in [-0.2, -0.15) is 0 Å². The van der Waals surface area contributed by atoms with Gasteiger partial charge >= 0.3 is 12.2 Å². The first-order valence-electron chi connectivity index (χ1n) is 16.6. The summed E-state index contributed by atoms with van der Waals surface area (Å²) in [4.78, 5) is 67.0. The van der Waals surface area contributed by atoms with Crippen LogP contribution in [0.3, 0.4) is 0 Å². The van der Waals surface area contributed by atoms with Crippen molar-refractivity contribution < 1.29 is 33.4 Å². The van der Waals surface area contributed by atoms with E-state index >= 15 is 0 Å². The minimum Gasteiger partial charge on any atom is -0.445 e. The Morgan fingerprint density at radius 3 is 1.51 bits per heavy atom. The van der Waals surface area contributed by atoms with Gasteiger partial charge in [-0.3, -0.25) is 14.4 Å². The van der Waals surface area contributed by atoms with Gasteiger partial charge in [0.25, 0.3) is 0 Å². The lowest BCUT2D eigenvalue weighted by Gasteiger charge is -2.28. The van der Waals surface area contributed by atoms with Crippen LogP contribution in [0.15, 0.2) is 91.0 Å². The summed E-state index contributed by atoms with van der Waals surface area (Å²) in [6, 6.07) is 25.7. The lowest BCUT2D eigenvalue weighted by molar-refractivity contribution is -0.138. The second-order valence-corrected chi connectivity index (χ2v) is 12.7. The highest BCUT2D eigenvalue weighted by Crippen LogP contribution is 2.13. The summed E-state index contributed by atoms with van der Waals surface area (Å²) in [5, 5.41) is 7.91. The van der Waals surface area contributed by atoms with Crippen LogP contribution in [0.1, 0.15) is 57.2 Å². The molecule has 3 N–H and O–H groups in total. The highest BCUT2D eigenvalue weighted by atomic mass is 16.6. The molecule has 49 heavy (non-hydrogen) atoms. The molecular weight excluding hydrogens is 624 g/mol. The molecule has 0 aliphatic rings. The van der Waals surface area contributed by atoms with Gasteiger partial charge in [0, 0.05) is 6.54 Å². The molecule has 2 unspecified atom stereocenters. The number of hydrogen-bond acceptors (Lipinski definition) is 7. The topological polar surface area (TPSA) is 143 Å². The van der Waals surface area contributed by atoms with Gasteiger partial charge in [0.05, 0.1) is 13.1 Å². The van der Waals surface area contributed by atoms with E-state index in [0.717, 1.165) is 16.7 Å². The number of carbonyl (C=O) groups excluding carboxylic acids is 5. The van der Waals surface area contributed by atoms with Crippen molar-refractivity contribution in [3.63, 3.8) is 0 Å². The lowest BCUT2D eigenvalue weighted by atomic mass is 10.0. The van der Waals surface area contributed by atoms with Crippen molar-refractivity contribution in [3.8, 4) is 0 Å². The van der Waals surface area contributed by atoms with Gasteiger partial charge in [-0.25, -0.2) is 9.59 Å². The predicted octanol–water partition coefficient (Wildman–Crippen LogP) is 5.38. The van der Waals surface area contributed by atoms with Gasteiger partial charge in [0.1, 0.15) is 25.3 Å². The Balaban J connectivity index is 1.65. The Hall–Kier alpha value is -5.19. The van der Waals surface area contributed by atoms with E-state index in [4.69, 9.17) is 9.47 Å². The molecule has 3 aromatic rings. The summed E-state index contributed by atoms with van der Waals surface area (Å²) >= 11 is 0. The summed E-state index contributed by atoms with van der Waals surface area (Å²) in [7, 11) is 0. The molecular formula is C38H48N4O7. The summed E-state index contributed by atoms with van der Waals surface area (Å²) < 4.78 is 10.7. The average molecular weight is 673 g/mol. The number of alkyl carbamates (subject to hydrolysis) is 2. The van der Waals surface area contributed by atoms with E-state index < -0.39 is 41.9 Å². The summed E-state index contributed by atoms with van der Waals surface area (Å²) in [6.07, 6.45) is -0.853. The van der Waals surface area contributed by atoms with Crippen LogP contribution < -0.4 is 16.0 Å². The first-order chi connectivity index (χ1) is 23.5. The molecule has 11 heteroatoms. The highest BCUT2D eigenvalue weighted by Gasteiger charge is 2.29. The van der Waals surface area contributed by atoms with Gasteiger partial charge in [0.15, 0.2) is 5.78 Å². The largest absolute Gasteiger partial charge is 0.445 e. The molecule has 0 aromatic heterocycles. The van der Waals surface area contributed by atoms with E-state index in [0.29, 0.717) is 12.8 Å². The number of ketones is 1. The molecule has 4 amide bonds. The van der Waals surface area contributed by atoms with E-state index in [9.17, 15) is 24.0 Å². The van der Waals surface area contributed by atoms with Crippen molar-refractivity contribution in [2.45, 2.75) is 72.4 Å². The number of benzene rings is 3. The molecule has 0 aliphatic heterocycles. The van der Waals surface area contributed by atoms with Gasteiger partial charge in [-0.15, -0.1) is 0 Å². The summed E-state index contributed by atoms with van der Waals surface area (Å²) in [6.45, 7) is 7.20. The zero-order valence-electron chi connectivity index (χ0n) is 28.7. The van der Waals surface area contributed by atoms with Crippen molar-refractivity contribution in [3.05, 3.63) is 108 Å². The minimum absolute atomic E-state index is 0.0403. The second kappa shape index (κ2) is 20.2. The number of nitrogens with one attached hydrogen (secondary N) is 3. The Labute approximate surface area is 288 Å². The van der Waals surface area contributed by atoms with E-state index in [1.165, 1.54) is 4.90 Å². The fourth-order valence-electron chi connectivity index (χ4n) is 5.02. The molecule has 11 nitrogen and oxygen atoms in total. The maximum absolute atomic E-state index is 13.9. The standard InChI is InChI=1S/C38H48N4O7/c1-27(2)20-33(40-37(46)48-25-30-16-10-6-11-17-30)35(44)39-22-32(43)24-42(23-29-14-8-5-9-15-29)36(45)34(21-28(3)4)41-38(47)49-26-31-18-12-7-13-19-31/h5-19,27-28,33-34H,20-26H2,1-4H3,(H,39,44)(H,40,46)(H,41,47). The smallest absolute Gasteiger partial charge is 0.408 e. The molecule has 262 valence electrons. The van der Waals surface area contributed by atoms with Gasteiger partial charge in [0.2, 0.25) is 11.8 Å². The lowest BCUT2D eigenvalue weighted by Crippen LogP contribution is -2.52. The van der Waals surface area contributed by atoms with Crippen molar-refractivity contribution in [2.75, 3.05) is 13.1 Å². The number of rotatable bonds is 18. The SMILES string of the molecule is CC(C)CC(NC(=O)OCc1ccccc1)C(=O)NCC(=O)CN(Cc1ccccc1)C(=O)C(CC(C)C)NC(=O)OCc1ccccc1. The van der Waals surface area contributed by atoms with E-state index in [2.05, 4.69) is 16.0 Å². The van der Waals surface area contributed by atoms with Gasteiger partial charge in [-0.05, 0) is 41.4 Å². The third-order valence-corrected chi connectivity index (χ3v) is 7.39. The third-order valence-electron chi connectivity index (χ3n) is 7.39. The Morgan fingerprint density at radius 2 is 1.04 bits per heavy atom. The average Bonchev–Trinajstić information content (AvgIpc) is 3.08. The van der Waals surface area contributed by atoms with E-state index in [-0.39, 0.29) is 44.7 Å². The maximum atomic E-state index is 13.9. The number of hydrogen-bond donors (Lipinski definition) is 3. The van der Waals surface area contributed by atoms with Crippen molar-refractivity contribution in [1.29, 1.82) is 0 Å². The van der Waals surface area contributed by atoms with Crippen molar-refractivity contribution in [2.24, 2.45) is 11.8 Å². The van der Waals surface area contributed by atoms with Crippen LogP contribution in [0.4, 0.5) is 9.59 Å². The molecule has 0 radical (unpaired) electrons. The predicted molar refractivity (Wildman–Crippen MR) is 186 cm³/mol. The van der Waals surface area contributed by atoms with Crippen molar-refractivity contribution >= 4 is 29.8 Å². The molecule has 3 rings (SSSR count). The second-order valence-electron chi connectivity index (χ2n) is 12.7. The number of amides is 4. The molecule has 2 atom stereocenters. The van der Waals surface area contributed by atoms with Crippen LogP contribution in [-0.2, 0) is 43.6 Å². The van der Waals surface area contributed by atoms with Crippen LogP contribution in [0.25, 0.3) is 0 Å². The number of Topliss-reactive ketones (excluding diaryl/α,β-unsaturated/α-hetero) is 1. The summed E-state index contributed by atoms with van der Waals surface area (Å²) in [5.41, 5.74) is 2.40. The minimum atomic E-state index is -0.948. The molecule has 0 spiro atoms. The van der Waals surface area contributed by atoms with Crippen molar-refractivity contribution in [1.82, 2.24) is 20.9 Å². The number of carbonyl (C=O) groups is 5. The molecule has 0 heterocycles. The fourth-order valence-corrected chi connectivity index (χ4v) is 5.02. The molecule has 0 bridgehead atoms. The summed E-state index contributed by atoms with van der Waals surface area (Å²) in [5.74, 6) is -1.32. The van der Waals surface area contributed by atoms with Crippen LogP contribution in [-0.4, -0.2) is 59.9 Å². The molecule has 0 fully saturated rings.